The number of benzene rings is 1. The lowest BCUT2D eigenvalue weighted by molar-refractivity contribution is -0.133. The summed E-state index contributed by atoms with van der Waals surface area (Å²) in [5, 5.41) is 9.49. The molecule has 1 atom stereocenters. The van der Waals surface area contributed by atoms with Crippen molar-refractivity contribution in [3.63, 3.8) is 0 Å². The fourth-order valence-corrected chi connectivity index (χ4v) is 2.71. The van der Waals surface area contributed by atoms with Crippen molar-refractivity contribution in [3.8, 4) is 11.8 Å². The fraction of sp³-hybridized carbons (Fsp3) is 0.579. The third kappa shape index (κ3) is 5.28. The summed E-state index contributed by atoms with van der Waals surface area (Å²) in [5.74, 6) is 0.0158. The highest BCUT2D eigenvalue weighted by Gasteiger charge is 2.25. The van der Waals surface area contributed by atoms with Crippen molar-refractivity contribution in [2.75, 3.05) is 20.2 Å². The van der Waals surface area contributed by atoms with E-state index in [0.717, 1.165) is 30.6 Å². The first-order valence-corrected chi connectivity index (χ1v) is 8.45. The molecule has 0 bridgehead atoms. The van der Waals surface area contributed by atoms with Crippen LogP contribution in [0, 0.1) is 17.2 Å². The Kier molecular flexibility index (Phi) is 8.18. The van der Waals surface area contributed by atoms with Gasteiger partial charge in [-0.2, -0.15) is 5.26 Å². The smallest absolute Gasteiger partial charge is 0.240 e. The minimum atomic E-state index is -0.658. The Labute approximate surface area is 140 Å². The van der Waals surface area contributed by atoms with E-state index in [4.69, 9.17) is 4.74 Å². The molecular weight excluding hydrogens is 288 g/mol. The van der Waals surface area contributed by atoms with E-state index in [1.165, 1.54) is 5.56 Å². The van der Waals surface area contributed by atoms with Crippen molar-refractivity contribution >= 4 is 5.91 Å². The van der Waals surface area contributed by atoms with Crippen molar-refractivity contribution in [3.05, 3.63) is 29.3 Å². The Bertz CT molecular complexity index is 543. The third-order valence-electron chi connectivity index (χ3n) is 3.93. The lowest BCUT2D eigenvalue weighted by Crippen LogP contribution is -2.37. The molecule has 0 aliphatic carbocycles. The van der Waals surface area contributed by atoms with E-state index >= 15 is 0 Å². The van der Waals surface area contributed by atoms with E-state index in [9.17, 15) is 10.1 Å². The molecule has 0 aliphatic rings. The number of ether oxygens (including phenoxy) is 1. The molecule has 1 aromatic carbocycles. The van der Waals surface area contributed by atoms with Crippen molar-refractivity contribution in [1.82, 2.24) is 4.90 Å². The zero-order valence-electron chi connectivity index (χ0n) is 14.8. The molecular formula is C19H28N2O2. The number of amides is 1. The molecule has 0 N–H and O–H groups in total. The van der Waals surface area contributed by atoms with Crippen LogP contribution in [0.2, 0.25) is 0 Å². The highest BCUT2D eigenvalue weighted by Crippen LogP contribution is 2.24. The van der Waals surface area contributed by atoms with Gasteiger partial charge in [-0.1, -0.05) is 32.9 Å². The molecule has 0 aliphatic heterocycles. The van der Waals surface area contributed by atoms with Gasteiger partial charge in [0.1, 0.15) is 11.7 Å². The average Bonchev–Trinajstić information content (AvgIpc) is 2.58. The maximum atomic E-state index is 12.7. The molecule has 1 amide bonds. The van der Waals surface area contributed by atoms with Crippen LogP contribution in [0.5, 0.6) is 5.75 Å². The number of carbonyl (C=O) groups is 1. The van der Waals surface area contributed by atoms with Crippen LogP contribution in [-0.4, -0.2) is 31.0 Å². The lowest BCUT2D eigenvalue weighted by atomic mass is 9.96. The second kappa shape index (κ2) is 9.89. The number of methoxy groups -OCH3 is 1. The quantitative estimate of drug-likeness (QED) is 0.699. The minimum Gasteiger partial charge on any atom is -0.496 e. The Morgan fingerprint density at radius 1 is 1.26 bits per heavy atom. The molecule has 23 heavy (non-hydrogen) atoms. The monoisotopic (exact) mass is 316 g/mol. The first-order chi connectivity index (χ1) is 11.1. The van der Waals surface area contributed by atoms with E-state index in [1.54, 1.807) is 7.11 Å². The largest absolute Gasteiger partial charge is 0.496 e. The van der Waals surface area contributed by atoms with E-state index < -0.39 is 5.92 Å². The molecule has 0 saturated carbocycles. The number of hydrogen-bond donors (Lipinski definition) is 0. The van der Waals surface area contributed by atoms with Gasteiger partial charge in [-0.15, -0.1) is 0 Å². The van der Waals surface area contributed by atoms with Crippen LogP contribution in [0.4, 0.5) is 0 Å². The van der Waals surface area contributed by atoms with E-state index in [2.05, 4.69) is 13.0 Å². The van der Waals surface area contributed by atoms with Crippen molar-refractivity contribution in [1.29, 1.82) is 5.26 Å². The molecule has 126 valence electrons. The van der Waals surface area contributed by atoms with E-state index in [-0.39, 0.29) is 5.91 Å². The van der Waals surface area contributed by atoms with Crippen LogP contribution < -0.4 is 4.74 Å². The lowest BCUT2D eigenvalue weighted by Gasteiger charge is -2.24. The van der Waals surface area contributed by atoms with Gasteiger partial charge >= 0.3 is 0 Å². The van der Waals surface area contributed by atoms with E-state index in [0.29, 0.717) is 19.5 Å². The van der Waals surface area contributed by atoms with Gasteiger partial charge in [-0.3, -0.25) is 4.79 Å². The number of aryl methyl sites for hydroxylation is 1. The Hall–Kier alpha value is -2.02. The molecule has 4 nitrogen and oxygen atoms in total. The fourth-order valence-electron chi connectivity index (χ4n) is 2.71. The summed E-state index contributed by atoms with van der Waals surface area (Å²) in [5.41, 5.74) is 2.11. The van der Waals surface area contributed by atoms with Crippen molar-refractivity contribution < 1.29 is 9.53 Å². The van der Waals surface area contributed by atoms with Crippen molar-refractivity contribution in [2.24, 2.45) is 5.92 Å². The normalized spacial score (nSPS) is 11.6. The first-order valence-electron chi connectivity index (χ1n) is 8.45. The van der Waals surface area contributed by atoms with Crippen LogP contribution in [-0.2, 0) is 17.6 Å². The molecule has 0 fully saturated rings. The van der Waals surface area contributed by atoms with Crippen LogP contribution in [0.25, 0.3) is 0 Å². The number of nitrogens with zero attached hydrogens (tertiary/aromatic N) is 2. The zero-order valence-corrected chi connectivity index (χ0v) is 14.8. The third-order valence-corrected chi connectivity index (χ3v) is 3.93. The summed E-state index contributed by atoms with van der Waals surface area (Å²) >= 11 is 0. The van der Waals surface area contributed by atoms with Crippen molar-refractivity contribution in [2.45, 2.75) is 46.5 Å². The minimum absolute atomic E-state index is 0.0693. The Balaban J connectivity index is 2.99. The SMILES string of the molecule is CCCN(CCC)C(=O)C(C#N)Cc1cc(CC)ccc1OC. The molecule has 1 aromatic rings. The second-order valence-corrected chi connectivity index (χ2v) is 5.71. The van der Waals surface area contributed by atoms with Gasteiger partial charge in [-0.25, -0.2) is 0 Å². The van der Waals surface area contributed by atoms with Crippen LogP contribution in [0.15, 0.2) is 18.2 Å². The standard InChI is InChI=1S/C19H28N2O2/c1-5-10-21(11-6-2)19(22)17(14-20)13-16-12-15(7-3)8-9-18(16)23-4/h8-9,12,17H,5-7,10-11,13H2,1-4H3. The summed E-state index contributed by atoms with van der Waals surface area (Å²) in [6.45, 7) is 7.59. The molecule has 0 spiro atoms. The van der Waals surface area contributed by atoms with E-state index in [1.807, 2.05) is 36.9 Å². The molecule has 0 heterocycles. The Morgan fingerprint density at radius 3 is 2.39 bits per heavy atom. The predicted octanol–water partition coefficient (Wildman–Crippen LogP) is 3.59. The number of rotatable bonds is 9. The van der Waals surface area contributed by atoms with Gasteiger partial charge in [0.2, 0.25) is 5.91 Å². The molecule has 0 aromatic heterocycles. The number of carbonyl (C=O) groups excluding carboxylic acids is 1. The van der Waals surface area contributed by atoms with Gasteiger partial charge < -0.3 is 9.64 Å². The summed E-state index contributed by atoms with van der Waals surface area (Å²) in [6, 6.07) is 8.17. The van der Waals surface area contributed by atoms with Gasteiger partial charge in [0, 0.05) is 19.5 Å². The van der Waals surface area contributed by atoms with Gasteiger partial charge in [0.25, 0.3) is 0 Å². The Morgan fingerprint density at radius 2 is 1.91 bits per heavy atom. The number of nitriles is 1. The summed E-state index contributed by atoms with van der Waals surface area (Å²) in [7, 11) is 1.62. The molecule has 0 saturated heterocycles. The highest BCUT2D eigenvalue weighted by atomic mass is 16.5. The first kappa shape index (κ1) is 19.0. The average molecular weight is 316 g/mol. The maximum absolute atomic E-state index is 12.7. The predicted molar refractivity (Wildman–Crippen MR) is 92.3 cm³/mol. The van der Waals surface area contributed by atoms with Gasteiger partial charge in [0.15, 0.2) is 0 Å². The van der Waals surface area contributed by atoms with Crippen LogP contribution >= 0.6 is 0 Å². The van der Waals surface area contributed by atoms with Crippen LogP contribution in [0.3, 0.4) is 0 Å². The van der Waals surface area contributed by atoms with Crippen LogP contribution in [0.1, 0.15) is 44.7 Å². The van der Waals surface area contributed by atoms with Gasteiger partial charge in [0.05, 0.1) is 13.2 Å². The molecule has 1 rings (SSSR count). The van der Waals surface area contributed by atoms with Gasteiger partial charge in [-0.05, 0) is 36.5 Å². The maximum Gasteiger partial charge on any atom is 0.240 e. The molecule has 4 heteroatoms. The summed E-state index contributed by atoms with van der Waals surface area (Å²) in [6.07, 6.45) is 3.12. The zero-order chi connectivity index (χ0) is 17.2. The molecule has 0 radical (unpaired) electrons. The molecule has 1 unspecified atom stereocenters. The highest BCUT2D eigenvalue weighted by molar-refractivity contribution is 5.81. The summed E-state index contributed by atoms with van der Waals surface area (Å²) in [4.78, 5) is 14.5. The second-order valence-electron chi connectivity index (χ2n) is 5.71. The summed E-state index contributed by atoms with van der Waals surface area (Å²) < 4.78 is 5.39. The number of hydrogen-bond acceptors (Lipinski definition) is 3. The topological polar surface area (TPSA) is 53.3 Å².